The summed E-state index contributed by atoms with van der Waals surface area (Å²) in [7, 11) is 0. The van der Waals surface area contributed by atoms with Gasteiger partial charge in [0.15, 0.2) is 12.4 Å². The topological polar surface area (TPSA) is 99.0 Å². The third-order valence-electron chi connectivity index (χ3n) is 4.16. The number of tetrazole rings is 1. The summed E-state index contributed by atoms with van der Waals surface area (Å²) in [6.45, 7) is 12.0. The van der Waals surface area contributed by atoms with Crippen molar-refractivity contribution in [2.24, 2.45) is 5.41 Å². The second kappa shape index (κ2) is 8.60. The fourth-order valence-corrected chi connectivity index (χ4v) is 3.31. The van der Waals surface area contributed by atoms with Gasteiger partial charge in [0, 0.05) is 16.8 Å². The number of anilines is 1. The SMILES string of the molecule is CCCCn1nnnc1COC(=O)c1c(NC(=O)C(C)(C)C)sc(C)c1C. The number of carbonyl (C=O) groups is 2. The molecule has 8 nitrogen and oxygen atoms in total. The van der Waals surface area contributed by atoms with Crippen LogP contribution >= 0.6 is 11.3 Å². The standard InChI is InChI=1S/C18H27N5O3S/c1-7-8-9-23-13(20-21-22-23)10-26-16(24)14-11(2)12(3)27-15(14)19-17(25)18(4,5)6/h7-10H2,1-6H3,(H,19,25). The number of ether oxygens (including phenoxy) is 1. The quantitative estimate of drug-likeness (QED) is 0.723. The number of thiophene rings is 1. The summed E-state index contributed by atoms with van der Waals surface area (Å²) in [4.78, 5) is 26.0. The molecule has 0 aliphatic rings. The maximum Gasteiger partial charge on any atom is 0.341 e. The Kier molecular flexibility index (Phi) is 6.69. The van der Waals surface area contributed by atoms with Gasteiger partial charge in [-0.1, -0.05) is 34.1 Å². The zero-order chi connectivity index (χ0) is 20.2. The summed E-state index contributed by atoms with van der Waals surface area (Å²) in [5, 5.41) is 14.9. The Morgan fingerprint density at radius 1 is 1.26 bits per heavy atom. The lowest BCUT2D eigenvalue weighted by Gasteiger charge is -2.17. The molecule has 0 aliphatic heterocycles. The van der Waals surface area contributed by atoms with Crippen LogP contribution < -0.4 is 5.32 Å². The fourth-order valence-electron chi connectivity index (χ4n) is 2.26. The average Bonchev–Trinajstić information content (AvgIpc) is 3.14. The number of hydrogen-bond donors (Lipinski definition) is 1. The number of aryl methyl sites for hydroxylation is 2. The van der Waals surface area contributed by atoms with Crippen molar-refractivity contribution >= 4 is 28.2 Å². The summed E-state index contributed by atoms with van der Waals surface area (Å²) < 4.78 is 7.09. The van der Waals surface area contributed by atoms with E-state index < -0.39 is 11.4 Å². The van der Waals surface area contributed by atoms with Gasteiger partial charge in [-0.3, -0.25) is 4.79 Å². The van der Waals surface area contributed by atoms with Crippen molar-refractivity contribution in [2.75, 3.05) is 5.32 Å². The predicted molar refractivity (Wildman–Crippen MR) is 104 cm³/mol. The number of nitrogens with zero attached hydrogens (tertiary/aromatic N) is 4. The first-order valence-electron chi connectivity index (χ1n) is 8.98. The van der Waals surface area contributed by atoms with Crippen LogP contribution in [0.25, 0.3) is 0 Å². The van der Waals surface area contributed by atoms with E-state index in [0.717, 1.165) is 23.3 Å². The van der Waals surface area contributed by atoms with Crippen molar-refractivity contribution < 1.29 is 14.3 Å². The second-order valence-electron chi connectivity index (χ2n) is 7.44. The number of amides is 1. The van der Waals surface area contributed by atoms with E-state index in [1.54, 1.807) is 4.68 Å². The predicted octanol–water partition coefficient (Wildman–Crippen LogP) is 3.49. The van der Waals surface area contributed by atoms with Crippen LogP contribution in [0, 0.1) is 19.3 Å². The van der Waals surface area contributed by atoms with Gasteiger partial charge >= 0.3 is 5.97 Å². The summed E-state index contributed by atoms with van der Waals surface area (Å²) in [5.74, 6) is -0.144. The van der Waals surface area contributed by atoms with Crippen molar-refractivity contribution in [3.8, 4) is 0 Å². The smallest absolute Gasteiger partial charge is 0.341 e. The number of carbonyl (C=O) groups excluding carboxylic acids is 2. The third-order valence-corrected chi connectivity index (χ3v) is 5.28. The molecule has 2 aromatic rings. The molecule has 9 heteroatoms. The highest BCUT2D eigenvalue weighted by Gasteiger charge is 2.27. The normalized spacial score (nSPS) is 11.5. The first-order valence-corrected chi connectivity index (χ1v) is 9.80. The monoisotopic (exact) mass is 393 g/mol. The van der Waals surface area contributed by atoms with E-state index in [0.29, 0.717) is 22.9 Å². The summed E-state index contributed by atoms with van der Waals surface area (Å²) in [6.07, 6.45) is 1.96. The Labute approximate surface area is 163 Å². The van der Waals surface area contributed by atoms with Gasteiger partial charge in [-0.2, -0.15) is 0 Å². The lowest BCUT2D eigenvalue weighted by atomic mass is 9.96. The number of nitrogens with one attached hydrogen (secondary N) is 1. The average molecular weight is 394 g/mol. The summed E-state index contributed by atoms with van der Waals surface area (Å²) in [6, 6.07) is 0. The maximum absolute atomic E-state index is 12.7. The molecule has 2 rings (SSSR count). The molecule has 0 radical (unpaired) electrons. The van der Waals surface area contributed by atoms with Crippen molar-refractivity contribution in [1.82, 2.24) is 20.2 Å². The lowest BCUT2D eigenvalue weighted by molar-refractivity contribution is -0.123. The molecular formula is C18H27N5O3S. The molecule has 1 N–H and O–H groups in total. The largest absolute Gasteiger partial charge is 0.454 e. The lowest BCUT2D eigenvalue weighted by Crippen LogP contribution is -2.28. The van der Waals surface area contributed by atoms with Crippen molar-refractivity contribution in [3.63, 3.8) is 0 Å². The molecule has 0 atom stereocenters. The van der Waals surface area contributed by atoms with Crippen LogP contribution in [0.3, 0.4) is 0 Å². The molecule has 0 bridgehead atoms. The van der Waals surface area contributed by atoms with Crippen LogP contribution in [0.4, 0.5) is 5.00 Å². The Morgan fingerprint density at radius 2 is 1.96 bits per heavy atom. The van der Waals surface area contributed by atoms with Crippen molar-refractivity contribution in [3.05, 3.63) is 21.8 Å². The molecule has 2 aromatic heterocycles. The maximum atomic E-state index is 12.7. The number of esters is 1. The summed E-state index contributed by atoms with van der Waals surface area (Å²) in [5.41, 5.74) is 0.636. The van der Waals surface area contributed by atoms with Gasteiger partial charge in [0.1, 0.15) is 5.00 Å². The Hall–Kier alpha value is -2.29. The van der Waals surface area contributed by atoms with Gasteiger partial charge in [-0.15, -0.1) is 16.4 Å². The van der Waals surface area contributed by atoms with Crippen LogP contribution in [0.5, 0.6) is 0 Å². The molecule has 0 unspecified atom stereocenters. The minimum absolute atomic E-state index is 0.0173. The number of hydrogen-bond acceptors (Lipinski definition) is 7. The molecule has 148 valence electrons. The highest BCUT2D eigenvalue weighted by atomic mass is 32.1. The van der Waals surface area contributed by atoms with Gasteiger partial charge < -0.3 is 10.1 Å². The zero-order valence-electron chi connectivity index (χ0n) is 16.8. The van der Waals surface area contributed by atoms with E-state index in [-0.39, 0.29) is 12.5 Å². The molecule has 2 heterocycles. The van der Waals surface area contributed by atoms with E-state index in [2.05, 4.69) is 27.8 Å². The molecular weight excluding hydrogens is 366 g/mol. The fraction of sp³-hybridized carbons (Fsp3) is 0.611. The molecule has 0 saturated carbocycles. The minimum Gasteiger partial charge on any atom is -0.454 e. The van der Waals surface area contributed by atoms with Gasteiger partial charge in [-0.05, 0) is 36.3 Å². The van der Waals surface area contributed by atoms with Gasteiger partial charge in [0.05, 0.1) is 5.56 Å². The van der Waals surface area contributed by atoms with E-state index in [4.69, 9.17) is 4.74 Å². The zero-order valence-corrected chi connectivity index (χ0v) is 17.6. The number of unbranched alkanes of at least 4 members (excludes halogenated alkanes) is 1. The molecule has 1 amide bonds. The van der Waals surface area contributed by atoms with E-state index >= 15 is 0 Å². The highest BCUT2D eigenvalue weighted by Crippen LogP contribution is 2.34. The first kappa shape index (κ1) is 21.0. The Balaban J connectivity index is 2.14. The van der Waals surface area contributed by atoms with Gasteiger partial charge in [0.25, 0.3) is 0 Å². The van der Waals surface area contributed by atoms with Crippen LogP contribution in [-0.4, -0.2) is 32.1 Å². The van der Waals surface area contributed by atoms with Crippen LogP contribution in [0.1, 0.15) is 67.2 Å². The molecule has 0 fully saturated rings. The third kappa shape index (κ3) is 5.12. The molecule has 27 heavy (non-hydrogen) atoms. The molecule has 0 aromatic carbocycles. The van der Waals surface area contributed by atoms with Crippen molar-refractivity contribution in [2.45, 2.75) is 67.5 Å². The van der Waals surface area contributed by atoms with E-state index in [1.165, 1.54) is 11.3 Å². The van der Waals surface area contributed by atoms with Crippen LogP contribution in [0.15, 0.2) is 0 Å². The summed E-state index contributed by atoms with van der Waals surface area (Å²) >= 11 is 1.37. The minimum atomic E-state index is -0.561. The first-order chi connectivity index (χ1) is 12.6. The van der Waals surface area contributed by atoms with Gasteiger partial charge in [-0.25, -0.2) is 9.48 Å². The van der Waals surface area contributed by atoms with E-state index in [1.807, 2.05) is 34.6 Å². The Bertz CT molecular complexity index is 820. The Morgan fingerprint density at radius 3 is 2.59 bits per heavy atom. The van der Waals surface area contributed by atoms with Crippen LogP contribution in [0.2, 0.25) is 0 Å². The highest BCUT2D eigenvalue weighted by molar-refractivity contribution is 7.16. The number of aromatic nitrogens is 4. The van der Waals surface area contributed by atoms with Gasteiger partial charge in [0.2, 0.25) is 5.91 Å². The molecule has 0 saturated heterocycles. The number of rotatable bonds is 7. The van der Waals surface area contributed by atoms with Crippen molar-refractivity contribution in [1.29, 1.82) is 0 Å². The second-order valence-corrected chi connectivity index (χ2v) is 8.66. The molecule has 0 spiro atoms. The van der Waals surface area contributed by atoms with Crippen LogP contribution in [-0.2, 0) is 22.7 Å². The van der Waals surface area contributed by atoms with E-state index in [9.17, 15) is 9.59 Å². The molecule has 0 aliphatic carbocycles.